The van der Waals surface area contributed by atoms with Gasteiger partial charge in [-0.15, -0.1) is 0 Å². The summed E-state index contributed by atoms with van der Waals surface area (Å²) in [6.07, 6.45) is 0.0664. The Balaban J connectivity index is 1.84. The molecule has 0 aliphatic carbocycles. The van der Waals surface area contributed by atoms with E-state index < -0.39 is 31.9 Å². The molecule has 1 N–H and O–H groups in total. The van der Waals surface area contributed by atoms with Crippen LogP contribution in [0, 0.1) is 12.7 Å². The number of hydrazone groups is 1. The van der Waals surface area contributed by atoms with E-state index in [1.54, 1.807) is 42.5 Å². The van der Waals surface area contributed by atoms with E-state index >= 15 is 0 Å². The van der Waals surface area contributed by atoms with Gasteiger partial charge < -0.3 is 0 Å². The minimum Gasteiger partial charge on any atom is -0.283 e. The second-order valence-electron chi connectivity index (χ2n) is 7.93. The fourth-order valence-electron chi connectivity index (χ4n) is 3.73. The van der Waals surface area contributed by atoms with Gasteiger partial charge in [-0.2, -0.15) is 17.9 Å². The fraction of sp³-hybridized carbons (Fsp3) is 0.208. The molecule has 3 aromatic carbocycles. The van der Waals surface area contributed by atoms with E-state index in [1.807, 2.05) is 6.92 Å². The lowest BCUT2D eigenvalue weighted by Gasteiger charge is -2.23. The Bertz CT molecular complexity index is 1450. The lowest BCUT2D eigenvalue weighted by molar-refractivity contribution is 0.362. The topological polar surface area (TPSA) is 95.9 Å². The number of rotatable bonds is 7. The van der Waals surface area contributed by atoms with Gasteiger partial charge in [0.1, 0.15) is 5.82 Å². The third-order valence-electron chi connectivity index (χ3n) is 5.59. The van der Waals surface area contributed by atoms with E-state index in [0.717, 1.165) is 9.98 Å². The molecule has 34 heavy (non-hydrogen) atoms. The number of sulfonamides is 2. The minimum atomic E-state index is -4.12. The van der Waals surface area contributed by atoms with Crippen LogP contribution in [0.1, 0.15) is 36.1 Å². The summed E-state index contributed by atoms with van der Waals surface area (Å²) in [5.74, 6) is -0.674. The Labute approximate surface area is 199 Å². The summed E-state index contributed by atoms with van der Waals surface area (Å²) in [5, 5.41) is 4.40. The quantitative estimate of drug-likeness (QED) is 0.518. The first kappa shape index (κ1) is 23.9. The number of anilines is 1. The zero-order chi connectivity index (χ0) is 24.5. The average molecular weight is 502 g/mol. The molecule has 1 aliphatic heterocycles. The van der Waals surface area contributed by atoms with Crippen molar-refractivity contribution < 1.29 is 21.2 Å². The maximum Gasteiger partial charge on any atom is 0.279 e. The average Bonchev–Trinajstić information content (AvgIpc) is 3.26. The molecule has 0 amide bonds. The Morgan fingerprint density at radius 3 is 2.29 bits per heavy atom. The van der Waals surface area contributed by atoms with Crippen LogP contribution in [-0.2, 0) is 20.0 Å². The van der Waals surface area contributed by atoms with Gasteiger partial charge >= 0.3 is 0 Å². The summed E-state index contributed by atoms with van der Waals surface area (Å²) in [5.41, 5.74) is 2.13. The van der Waals surface area contributed by atoms with Crippen molar-refractivity contribution in [1.29, 1.82) is 0 Å². The van der Waals surface area contributed by atoms with Gasteiger partial charge in [-0.3, -0.25) is 4.72 Å². The predicted molar refractivity (Wildman–Crippen MR) is 130 cm³/mol. The van der Waals surface area contributed by atoms with Crippen molar-refractivity contribution in [2.45, 2.75) is 31.2 Å². The second-order valence-corrected chi connectivity index (χ2v) is 11.7. The van der Waals surface area contributed by atoms with Crippen LogP contribution >= 0.6 is 0 Å². The Morgan fingerprint density at radius 2 is 1.62 bits per heavy atom. The predicted octanol–water partition coefficient (Wildman–Crippen LogP) is 4.44. The number of hydrogen-bond acceptors (Lipinski definition) is 5. The van der Waals surface area contributed by atoms with Crippen molar-refractivity contribution in [3.63, 3.8) is 0 Å². The van der Waals surface area contributed by atoms with Crippen molar-refractivity contribution in [3.8, 4) is 0 Å². The summed E-state index contributed by atoms with van der Waals surface area (Å²) < 4.78 is 69.7. The number of nitrogens with zero attached hydrogens (tertiary/aromatic N) is 2. The van der Waals surface area contributed by atoms with Gasteiger partial charge in [0.25, 0.3) is 10.0 Å². The second kappa shape index (κ2) is 9.19. The van der Waals surface area contributed by atoms with Crippen molar-refractivity contribution in [2.75, 3.05) is 10.5 Å². The van der Waals surface area contributed by atoms with Gasteiger partial charge in [-0.05, 0) is 38.1 Å². The monoisotopic (exact) mass is 501 g/mol. The van der Waals surface area contributed by atoms with Crippen LogP contribution in [0.25, 0.3) is 0 Å². The highest BCUT2D eigenvalue weighted by molar-refractivity contribution is 7.92. The lowest BCUT2D eigenvalue weighted by Crippen LogP contribution is -2.28. The molecule has 0 saturated heterocycles. The molecule has 0 spiro atoms. The van der Waals surface area contributed by atoms with Gasteiger partial charge in [-0.1, -0.05) is 54.1 Å². The third kappa shape index (κ3) is 4.69. The number of hydrogen-bond donors (Lipinski definition) is 1. The SMILES string of the molecule is CCS(=O)(=O)Nc1ccccc1C1=NN(S(=O)(=O)c2ccc(C)cc2)C(c2ccccc2F)C1. The number of halogens is 1. The van der Waals surface area contributed by atoms with Gasteiger partial charge in [0.15, 0.2) is 0 Å². The highest BCUT2D eigenvalue weighted by atomic mass is 32.2. The number of aryl methyl sites for hydroxylation is 1. The maximum atomic E-state index is 14.8. The molecule has 1 unspecified atom stereocenters. The fourth-order valence-corrected chi connectivity index (χ4v) is 5.81. The maximum absolute atomic E-state index is 14.8. The van der Waals surface area contributed by atoms with Gasteiger partial charge in [0.05, 0.1) is 28.1 Å². The van der Waals surface area contributed by atoms with Crippen molar-refractivity contribution >= 4 is 31.4 Å². The molecule has 1 heterocycles. The smallest absolute Gasteiger partial charge is 0.279 e. The highest BCUT2D eigenvalue weighted by Gasteiger charge is 2.39. The van der Waals surface area contributed by atoms with Crippen LogP contribution < -0.4 is 4.72 Å². The molecule has 0 radical (unpaired) electrons. The van der Waals surface area contributed by atoms with Crippen molar-refractivity contribution in [1.82, 2.24) is 4.41 Å². The molecule has 0 aromatic heterocycles. The zero-order valence-electron chi connectivity index (χ0n) is 18.6. The molecule has 4 rings (SSSR count). The summed E-state index contributed by atoms with van der Waals surface area (Å²) in [6, 6.07) is 18.0. The molecular formula is C24H24FN3O4S2. The summed E-state index contributed by atoms with van der Waals surface area (Å²) in [6.45, 7) is 3.36. The molecule has 178 valence electrons. The molecule has 0 saturated carbocycles. The molecule has 7 nitrogen and oxygen atoms in total. The Hall–Kier alpha value is -3.24. The van der Waals surface area contributed by atoms with Crippen LogP contribution in [0.15, 0.2) is 82.8 Å². The van der Waals surface area contributed by atoms with E-state index in [1.165, 1.54) is 37.3 Å². The van der Waals surface area contributed by atoms with Crippen LogP contribution in [0.3, 0.4) is 0 Å². The Morgan fingerprint density at radius 1 is 0.971 bits per heavy atom. The first-order valence-corrected chi connectivity index (χ1v) is 13.7. The largest absolute Gasteiger partial charge is 0.283 e. The highest BCUT2D eigenvalue weighted by Crippen LogP contribution is 2.39. The Kier molecular flexibility index (Phi) is 6.46. The normalized spacial score (nSPS) is 16.4. The molecule has 3 aromatic rings. The van der Waals surface area contributed by atoms with E-state index in [2.05, 4.69) is 9.82 Å². The summed E-state index contributed by atoms with van der Waals surface area (Å²) in [7, 11) is -7.71. The summed E-state index contributed by atoms with van der Waals surface area (Å²) in [4.78, 5) is 0.0319. The van der Waals surface area contributed by atoms with Gasteiger partial charge in [0, 0.05) is 17.5 Å². The van der Waals surface area contributed by atoms with Gasteiger partial charge in [-0.25, -0.2) is 12.8 Å². The van der Waals surface area contributed by atoms with Crippen LogP contribution in [0.4, 0.5) is 10.1 Å². The molecule has 0 bridgehead atoms. The van der Waals surface area contributed by atoms with Crippen LogP contribution in [-0.4, -0.2) is 32.7 Å². The molecule has 0 fully saturated rings. The minimum absolute atomic E-state index is 0.0319. The van der Waals surface area contributed by atoms with E-state index in [-0.39, 0.29) is 28.3 Å². The first-order valence-electron chi connectivity index (χ1n) is 10.7. The summed E-state index contributed by atoms with van der Waals surface area (Å²) >= 11 is 0. The molecular weight excluding hydrogens is 477 g/mol. The van der Waals surface area contributed by atoms with Gasteiger partial charge in [0.2, 0.25) is 10.0 Å². The van der Waals surface area contributed by atoms with E-state index in [0.29, 0.717) is 11.3 Å². The van der Waals surface area contributed by atoms with Crippen LogP contribution in [0.2, 0.25) is 0 Å². The van der Waals surface area contributed by atoms with E-state index in [4.69, 9.17) is 0 Å². The van der Waals surface area contributed by atoms with Crippen LogP contribution in [0.5, 0.6) is 0 Å². The molecule has 1 aliphatic rings. The third-order valence-corrected chi connectivity index (χ3v) is 8.57. The standard InChI is InChI=1S/C24H24FN3O4S2/c1-3-33(29,30)27-22-11-7-5-9-20(22)23-16-24(19-8-4-6-10-21(19)25)28(26-23)34(31,32)18-14-12-17(2)13-15-18/h4-15,24,27H,3,16H2,1-2H3. The lowest BCUT2D eigenvalue weighted by atomic mass is 9.98. The number of para-hydroxylation sites is 1. The first-order chi connectivity index (χ1) is 16.1. The van der Waals surface area contributed by atoms with Crippen molar-refractivity contribution in [2.24, 2.45) is 5.10 Å². The zero-order valence-corrected chi connectivity index (χ0v) is 20.3. The molecule has 1 atom stereocenters. The number of nitrogens with one attached hydrogen (secondary N) is 1. The number of benzene rings is 3. The molecule has 10 heteroatoms. The van der Waals surface area contributed by atoms with E-state index in [9.17, 15) is 21.2 Å². The van der Waals surface area contributed by atoms with Crippen molar-refractivity contribution in [3.05, 3.63) is 95.3 Å².